The van der Waals surface area contributed by atoms with Crippen LogP contribution < -0.4 is 5.32 Å². The van der Waals surface area contributed by atoms with E-state index < -0.39 is 17.1 Å². The Labute approximate surface area is 162 Å². The van der Waals surface area contributed by atoms with Crippen molar-refractivity contribution in [2.75, 3.05) is 11.9 Å². The summed E-state index contributed by atoms with van der Waals surface area (Å²) in [5.41, 5.74) is 4.74. The molecule has 2 aromatic rings. The molecule has 1 saturated heterocycles. The summed E-state index contributed by atoms with van der Waals surface area (Å²) < 4.78 is 0. The molecule has 3 rings (SSSR count). The highest BCUT2D eigenvalue weighted by Crippen LogP contribution is 2.32. The third-order valence-corrected chi connectivity index (χ3v) is 5.21. The van der Waals surface area contributed by atoms with Gasteiger partial charge in [0, 0.05) is 5.69 Å². The van der Waals surface area contributed by atoms with Gasteiger partial charge in [0.2, 0.25) is 5.91 Å². The van der Waals surface area contributed by atoms with E-state index in [0.717, 1.165) is 38.9 Å². The maximum Gasteiger partial charge on any atom is 0.294 e. The highest BCUT2D eigenvalue weighted by Gasteiger charge is 2.36. The van der Waals surface area contributed by atoms with Crippen LogP contribution >= 0.6 is 11.8 Å². The fraction of sp³-hybridized carbons (Fsp3) is 0.190. The van der Waals surface area contributed by atoms with Crippen molar-refractivity contribution in [3.63, 3.8) is 0 Å². The van der Waals surface area contributed by atoms with E-state index in [1.165, 1.54) is 0 Å². The maximum absolute atomic E-state index is 12.5. The number of nitrogens with one attached hydrogen (secondary N) is 1. The third kappa shape index (κ3) is 4.46. The summed E-state index contributed by atoms with van der Waals surface area (Å²) in [4.78, 5) is 38.3. The number of rotatable bonds is 4. The molecule has 138 valence electrons. The van der Waals surface area contributed by atoms with Crippen LogP contribution in [-0.4, -0.2) is 28.5 Å². The predicted molar refractivity (Wildman–Crippen MR) is 108 cm³/mol. The first-order chi connectivity index (χ1) is 12.8. The first-order valence-electron chi connectivity index (χ1n) is 8.52. The van der Waals surface area contributed by atoms with Gasteiger partial charge in [-0.25, -0.2) is 0 Å². The standard InChI is InChI=1S/C21H20N2O3S/c1-13-5-4-6-16(9-13)11-18-20(25)23(21(26)27-18)12-19(24)22-17-8-7-14(2)15(3)10-17/h4-11H,12H2,1-3H3,(H,22,24)/b18-11-. The zero-order valence-corrected chi connectivity index (χ0v) is 16.2. The van der Waals surface area contributed by atoms with Crippen LogP contribution in [0.3, 0.4) is 0 Å². The summed E-state index contributed by atoms with van der Waals surface area (Å²) in [6, 6.07) is 13.2. The zero-order valence-electron chi connectivity index (χ0n) is 15.4. The molecule has 2 aromatic carbocycles. The highest BCUT2D eigenvalue weighted by atomic mass is 32.2. The minimum atomic E-state index is -0.443. The van der Waals surface area contributed by atoms with Gasteiger partial charge in [-0.1, -0.05) is 35.9 Å². The van der Waals surface area contributed by atoms with E-state index in [4.69, 9.17) is 0 Å². The first-order valence-corrected chi connectivity index (χ1v) is 9.34. The summed E-state index contributed by atoms with van der Waals surface area (Å²) in [6.45, 7) is 5.60. The minimum absolute atomic E-state index is 0.303. The van der Waals surface area contributed by atoms with Crippen molar-refractivity contribution in [1.29, 1.82) is 0 Å². The first kappa shape index (κ1) is 18.9. The van der Waals surface area contributed by atoms with Gasteiger partial charge in [0.1, 0.15) is 6.54 Å². The number of carbonyl (C=O) groups excluding carboxylic acids is 3. The number of nitrogens with zero attached hydrogens (tertiary/aromatic N) is 1. The molecular weight excluding hydrogens is 360 g/mol. The average Bonchev–Trinajstić information content (AvgIpc) is 2.86. The molecule has 5 nitrogen and oxygen atoms in total. The minimum Gasteiger partial charge on any atom is -0.325 e. The number of hydrogen-bond donors (Lipinski definition) is 1. The van der Waals surface area contributed by atoms with E-state index in [1.807, 2.05) is 57.2 Å². The lowest BCUT2D eigenvalue weighted by Gasteiger charge is -2.13. The molecule has 0 aromatic heterocycles. The Balaban J connectivity index is 1.69. The molecule has 1 aliphatic rings. The number of imide groups is 1. The number of anilines is 1. The van der Waals surface area contributed by atoms with Crippen LogP contribution in [0.5, 0.6) is 0 Å². The molecule has 0 saturated carbocycles. The number of hydrogen-bond acceptors (Lipinski definition) is 4. The van der Waals surface area contributed by atoms with Crippen LogP contribution in [0.2, 0.25) is 0 Å². The number of thioether (sulfide) groups is 1. The van der Waals surface area contributed by atoms with Gasteiger partial charge in [-0.15, -0.1) is 0 Å². The van der Waals surface area contributed by atoms with Crippen molar-refractivity contribution in [2.45, 2.75) is 20.8 Å². The summed E-state index contributed by atoms with van der Waals surface area (Å²) in [6.07, 6.45) is 1.68. The van der Waals surface area contributed by atoms with Crippen LogP contribution in [0.4, 0.5) is 10.5 Å². The second-order valence-corrected chi connectivity index (χ2v) is 7.52. The van der Waals surface area contributed by atoms with Gasteiger partial charge < -0.3 is 5.32 Å². The SMILES string of the molecule is Cc1cccc(/C=C2\SC(=O)N(CC(=O)Nc3ccc(C)c(C)c3)C2=O)c1. The fourth-order valence-corrected chi connectivity index (χ4v) is 3.55. The Hall–Kier alpha value is -2.86. The fourth-order valence-electron chi connectivity index (χ4n) is 2.71. The molecule has 0 bridgehead atoms. The lowest BCUT2D eigenvalue weighted by molar-refractivity contribution is -0.127. The van der Waals surface area contributed by atoms with Crippen molar-refractivity contribution >= 4 is 40.6 Å². The van der Waals surface area contributed by atoms with E-state index in [2.05, 4.69) is 5.32 Å². The van der Waals surface area contributed by atoms with Crippen LogP contribution in [0.1, 0.15) is 22.3 Å². The van der Waals surface area contributed by atoms with Crippen molar-refractivity contribution in [3.05, 3.63) is 69.6 Å². The molecule has 27 heavy (non-hydrogen) atoms. The molecule has 0 unspecified atom stereocenters. The van der Waals surface area contributed by atoms with Gasteiger partial charge in [0.25, 0.3) is 11.1 Å². The topological polar surface area (TPSA) is 66.5 Å². The summed E-state index contributed by atoms with van der Waals surface area (Å²) in [5, 5.41) is 2.30. The summed E-state index contributed by atoms with van der Waals surface area (Å²) >= 11 is 0.854. The van der Waals surface area contributed by atoms with Crippen LogP contribution in [0.25, 0.3) is 6.08 Å². The molecule has 1 N–H and O–H groups in total. The Morgan fingerprint density at radius 3 is 2.56 bits per heavy atom. The molecule has 0 spiro atoms. The Kier molecular flexibility index (Phi) is 5.46. The number of benzene rings is 2. The lowest BCUT2D eigenvalue weighted by Crippen LogP contribution is -2.36. The van der Waals surface area contributed by atoms with Gasteiger partial charge in [0.05, 0.1) is 4.91 Å². The molecule has 0 atom stereocenters. The zero-order chi connectivity index (χ0) is 19.6. The Bertz CT molecular complexity index is 966. The summed E-state index contributed by atoms with van der Waals surface area (Å²) in [7, 11) is 0. The molecule has 6 heteroatoms. The second-order valence-electron chi connectivity index (χ2n) is 6.53. The van der Waals surface area contributed by atoms with E-state index in [0.29, 0.717) is 10.6 Å². The quantitative estimate of drug-likeness (QED) is 0.804. The monoisotopic (exact) mass is 380 g/mol. The van der Waals surface area contributed by atoms with E-state index in [-0.39, 0.29) is 6.54 Å². The van der Waals surface area contributed by atoms with Gasteiger partial charge in [-0.2, -0.15) is 0 Å². The van der Waals surface area contributed by atoms with Crippen molar-refractivity contribution < 1.29 is 14.4 Å². The van der Waals surface area contributed by atoms with Crippen molar-refractivity contribution in [3.8, 4) is 0 Å². The lowest BCUT2D eigenvalue weighted by atomic mass is 10.1. The van der Waals surface area contributed by atoms with Gasteiger partial charge in [-0.05, 0) is 67.4 Å². The average molecular weight is 380 g/mol. The third-order valence-electron chi connectivity index (χ3n) is 4.31. The molecule has 1 aliphatic heterocycles. The largest absolute Gasteiger partial charge is 0.325 e. The number of carbonyl (C=O) groups is 3. The van der Waals surface area contributed by atoms with Crippen LogP contribution in [0.15, 0.2) is 47.4 Å². The molecule has 1 fully saturated rings. The predicted octanol–water partition coefficient (Wildman–Crippen LogP) is 4.29. The van der Waals surface area contributed by atoms with Crippen molar-refractivity contribution in [2.24, 2.45) is 0 Å². The molecule has 1 heterocycles. The van der Waals surface area contributed by atoms with Crippen LogP contribution in [-0.2, 0) is 9.59 Å². The number of aryl methyl sites for hydroxylation is 3. The molecule has 3 amide bonds. The normalized spacial score (nSPS) is 15.5. The smallest absolute Gasteiger partial charge is 0.294 e. The van der Waals surface area contributed by atoms with Crippen molar-refractivity contribution in [1.82, 2.24) is 4.90 Å². The van der Waals surface area contributed by atoms with Crippen LogP contribution in [0, 0.1) is 20.8 Å². The Morgan fingerprint density at radius 1 is 1.07 bits per heavy atom. The molecular formula is C21H20N2O3S. The van der Waals surface area contributed by atoms with E-state index in [1.54, 1.807) is 12.1 Å². The summed E-state index contributed by atoms with van der Waals surface area (Å²) in [5.74, 6) is -0.848. The second kappa shape index (κ2) is 7.80. The van der Waals surface area contributed by atoms with Gasteiger partial charge in [0.15, 0.2) is 0 Å². The van der Waals surface area contributed by atoms with Gasteiger partial charge >= 0.3 is 0 Å². The van der Waals surface area contributed by atoms with E-state index >= 15 is 0 Å². The molecule has 0 radical (unpaired) electrons. The maximum atomic E-state index is 12.5. The Morgan fingerprint density at radius 2 is 1.85 bits per heavy atom. The molecule has 0 aliphatic carbocycles. The highest BCUT2D eigenvalue weighted by molar-refractivity contribution is 8.18. The van der Waals surface area contributed by atoms with Gasteiger partial charge in [-0.3, -0.25) is 19.3 Å². The number of amides is 3. The van der Waals surface area contributed by atoms with E-state index in [9.17, 15) is 14.4 Å².